The van der Waals surface area contributed by atoms with Crippen LogP contribution in [0.1, 0.15) is 25.8 Å². The topological polar surface area (TPSA) is 137 Å². The summed E-state index contributed by atoms with van der Waals surface area (Å²) in [6.07, 6.45) is -0.144. The molecular formula is C18H24N3O6-. The molecule has 0 aliphatic heterocycles. The number of carbonyl (C=O) groups is 4. The zero-order valence-electron chi connectivity index (χ0n) is 15.3. The molecule has 0 saturated heterocycles. The molecule has 0 aliphatic carbocycles. The van der Waals surface area contributed by atoms with Crippen LogP contribution in [0, 0.1) is 5.92 Å². The number of amides is 3. The van der Waals surface area contributed by atoms with Gasteiger partial charge in [0.2, 0.25) is 11.8 Å². The van der Waals surface area contributed by atoms with Crippen LogP contribution in [0.2, 0.25) is 0 Å². The first-order valence-electron chi connectivity index (χ1n) is 8.55. The van der Waals surface area contributed by atoms with Crippen LogP contribution in [-0.2, 0) is 25.7 Å². The van der Waals surface area contributed by atoms with Gasteiger partial charge in [-0.1, -0.05) is 50.6 Å². The SMILES string of the molecule is CC[C@H](C)[C@H](NC(=O)OCc1ccccc1)C(=O)NCC(=O)NCC(=O)[O-]. The fourth-order valence-electron chi connectivity index (χ4n) is 2.10. The van der Waals surface area contributed by atoms with E-state index < -0.39 is 43.0 Å². The van der Waals surface area contributed by atoms with Crippen molar-refractivity contribution in [3.05, 3.63) is 35.9 Å². The number of hydrogen-bond donors (Lipinski definition) is 3. The first kappa shape index (κ1) is 21.9. The summed E-state index contributed by atoms with van der Waals surface area (Å²) in [7, 11) is 0. The Labute approximate surface area is 157 Å². The number of alkyl carbamates (subject to hydrolysis) is 1. The maximum atomic E-state index is 12.3. The third kappa shape index (κ3) is 8.70. The number of benzene rings is 1. The van der Waals surface area contributed by atoms with Crippen LogP contribution >= 0.6 is 0 Å². The predicted molar refractivity (Wildman–Crippen MR) is 94.0 cm³/mol. The first-order valence-corrected chi connectivity index (χ1v) is 8.55. The van der Waals surface area contributed by atoms with Gasteiger partial charge in [0.25, 0.3) is 0 Å². The number of hydrogen-bond acceptors (Lipinski definition) is 6. The van der Waals surface area contributed by atoms with Gasteiger partial charge in [-0.15, -0.1) is 0 Å². The molecule has 0 unspecified atom stereocenters. The highest BCUT2D eigenvalue weighted by Crippen LogP contribution is 2.09. The van der Waals surface area contributed by atoms with Crippen molar-refractivity contribution in [3.8, 4) is 0 Å². The Morgan fingerprint density at radius 3 is 2.33 bits per heavy atom. The van der Waals surface area contributed by atoms with Crippen LogP contribution in [0.4, 0.5) is 4.79 Å². The van der Waals surface area contributed by atoms with Crippen molar-refractivity contribution in [3.63, 3.8) is 0 Å². The lowest BCUT2D eigenvalue weighted by atomic mass is 9.98. The largest absolute Gasteiger partial charge is 0.548 e. The zero-order valence-corrected chi connectivity index (χ0v) is 15.3. The smallest absolute Gasteiger partial charge is 0.408 e. The maximum absolute atomic E-state index is 12.3. The van der Waals surface area contributed by atoms with Gasteiger partial charge >= 0.3 is 6.09 Å². The summed E-state index contributed by atoms with van der Waals surface area (Å²) in [5.74, 6) is -2.89. The standard InChI is InChI=1S/C18H25N3O6/c1-3-12(2)16(17(25)20-9-14(22)19-10-15(23)24)21-18(26)27-11-13-7-5-4-6-8-13/h4-8,12,16H,3,9-11H2,1-2H3,(H,19,22)(H,20,25)(H,21,26)(H,23,24)/p-1/t12-,16-/m0/s1. The summed E-state index contributed by atoms with van der Waals surface area (Å²) in [4.78, 5) is 46.1. The Balaban J connectivity index is 2.53. The van der Waals surface area contributed by atoms with Crippen molar-refractivity contribution in [2.75, 3.05) is 13.1 Å². The molecule has 0 fully saturated rings. The summed E-state index contributed by atoms with van der Waals surface area (Å²) >= 11 is 0. The van der Waals surface area contributed by atoms with E-state index in [1.165, 1.54) is 0 Å². The second-order valence-electron chi connectivity index (χ2n) is 5.94. The van der Waals surface area contributed by atoms with Gasteiger partial charge in [0.1, 0.15) is 12.6 Å². The zero-order chi connectivity index (χ0) is 20.2. The second kappa shape index (κ2) is 11.5. The van der Waals surface area contributed by atoms with E-state index in [4.69, 9.17) is 4.74 Å². The molecule has 1 aromatic carbocycles. The molecule has 0 bridgehead atoms. The Kier molecular flexibility index (Phi) is 9.35. The molecule has 148 valence electrons. The molecular weight excluding hydrogens is 354 g/mol. The molecule has 0 heterocycles. The number of rotatable bonds is 10. The molecule has 27 heavy (non-hydrogen) atoms. The van der Waals surface area contributed by atoms with Crippen LogP contribution in [-0.4, -0.2) is 43.0 Å². The molecule has 0 spiro atoms. The Bertz CT molecular complexity index is 650. The minimum atomic E-state index is -1.44. The minimum absolute atomic E-state index is 0.0626. The third-order valence-corrected chi connectivity index (χ3v) is 3.83. The van der Waals surface area contributed by atoms with Gasteiger partial charge in [-0.2, -0.15) is 0 Å². The molecule has 0 aliphatic rings. The average Bonchev–Trinajstić information content (AvgIpc) is 2.67. The maximum Gasteiger partial charge on any atom is 0.408 e. The minimum Gasteiger partial charge on any atom is -0.548 e. The quantitative estimate of drug-likeness (QED) is 0.493. The van der Waals surface area contributed by atoms with Gasteiger partial charge in [0.15, 0.2) is 0 Å². The molecule has 9 heteroatoms. The lowest BCUT2D eigenvalue weighted by Gasteiger charge is -2.23. The summed E-state index contributed by atoms with van der Waals surface area (Å²) in [6.45, 7) is 2.63. The number of nitrogens with one attached hydrogen (secondary N) is 3. The number of carboxylic acids is 1. The lowest BCUT2D eigenvalue weighted by molar-refractivity contribution is -0.304. The van der Waals surface area contributed by atoms with Crippen molar-refractivity contribution in [2.45, 2.75) is 32.9 Å². The summed E-state index contributed by atoms with van der Waals surface area (Å²) in [6, 6.07) is 8.19. The molecule has 3 N–H and O–H groups in total. The monoisotopic (exact) mass is 378 g/mol. The third-order valence-electron chi connectivity index (χ3n) is 3.83. The number of aliphatic carboxylic acids is 1. The number of carbonyl (C=O) groups excluding carboxylic acids is 4. The normalized spacial score (nSPS) is 12.4. The summed E-state index contributed by atoms with van der Waals surface area (Å²) < 4.78 is 5.11. The van der Waals surface area contributed by atoms with E-state index >= 15 is 0 Å². The molecule has 3 amide bonds. The van der Waals surface area contributed by atoms with Crippen LogP contribution in [0.25, 0.3) is 0 Å². The van der Waals surface area contributed by atoms with Crippen molar-refractivity contribution in [1.82, 2.24) is 16.0 Å². The Morgan fingerprint density at radius 2 is 1.74 bits per heavy atom. The number of carboxylic acid groups (broad SMARTS) is 1. The predicted octanol–water partition coefficient (Wildman–Crippen LogP) is -0.690. The van der Waals surface area contributed by atoms with E-state index in [-0.39, 0.29) is 12.5 Å². The average molecular weight is 378 g/mol. The van der Waals surface area contributed by atoms with Crippen LogP contribution in [0.3, 0.4) is 0 Å². The van der Waals surface area contributed by atoms with Gasteiger partial charge in [0.05, 0.1) is 19.1 Å². The summed E-state index contributed by atoms with van der Waals surface area (Å²) in [5.41, 5.74) is 0.807. The van der Waals surface area contributed by atoms with Gasteiger partial charge in [-0.25, -0.2) is 4.79 Å². The summed E-state index contributed by atoms with van der Waals surface area (Å²) in [5, 5.41) is 17.2. The van der Waals surface area contributed by atoms with Crippen molar-refractivity contribution in [1.29, 1.82) is 0 Å². The molecule has 1 aromatic rings. The lowest BCUT2D eigenvalue weighted by Crippen LogP contribution is -2.52. The Morgan fingerprint density at radius 1 is 1.07 bits per heavy atom. The highest BCUT2D eigenvalue weighted by atomic mass is 16.5. The van der Waals surface area contributed by atoms with Crippen LogP contribution in [0.5, 0.6) is 0 Å². The molecule has 0 aromatic heterocycles. The van der Waals surface area contributed by atoms with Crippen molar-refractivity contribution >= 4 is 23.9 Å². The van der Waals surface area contributed by atoms with Gasteiger partial charge in [-0.05, 0) is 11.5 Å². The van der Waals surface area contributed by atoms with Gasteiger partial charge in [0, 0.05) is 0 Å². The fourth-order valence-corrected chi connectivity index (χ4v) is 2.10. The van der Waals surface area contributed by atoms with Crippen molar-refractivity contribution in [2.24, 2.45) is 5.92 Å². The van der Waals surface area contributed by atoms with Crippen LogP contribution < -0.4 is 21.1 Å². The molecule has 1 rings (SSSR count). The van der Waals surface area contributed by atoms with E-state index in [9.17, 15) is 24.3 Å². The molecule has 2 atom stereocenters. The van der Waals surface area contributed by atoms with E-state index in [1.807, 2.05) is 25.1 Å². The van der Waals surface area contributed by atoms with Crippen LogP contribution in [0.15, 0.2) is 30.3 Å². The molecule has 9 nitrogen and oxygen atoms in total. The van der Waals surface area contributed by atoms with E-state index in [0.717, 1.165) is 5.56 Å². The molecule has 0 radical (unpaired) electrons. The van der Waals surface area contributed by atoms with E-state index in [0.29, 0.717) is 6.42 Å². The number of ether oxygens (including phenoxy) is 1. The fraction of sp³-hybridized carbons (Fsp3) is 0.444. The highest BCUT2D eigenvalue weighted by molar-refractivity contribution is 5.90. The Hall–Kier alpha value is -3.10. The molecule has 0 saturated carbocycles. The second-order valence-corrected chi connectivity index (χ2v) is 5.94. The van der Waals surface area contributed by atoms with E-state index in [2.05, 4.69) is 16.0 Å². The van der Waals surface area contributed by atoms with Crippen molar-refractivity contribution < 1.29 is 29.0 Å². The van der Waals surface area contributed by atoms with Gasteiger partial charge < -0.3 is 30.6 Å². The first-order chi connectivity index (χ1) is 12.8. The van der Waals surface area contributed by atoms with E-state index in [1.54, 1.807) is 19.1 Å². The highest BCUT2D eigenvalue weighted by Gasteiger charge is 2.26. The van der Waals surface area contributed by atoms with Gasteiger partial charge in [-0.3, -0.25) is 9.59 Å².